The predicted octanol–water partition coefficient (Wildman–Crippen LogP) is 2.95. The molecule has 0 saturated carbocycles. The molecule has 0 bridgehead atoms. The zero-order valence-corrected chi connectivity index (χ0v) is 16.0. The van der Waals surface area contributed by atoms with Gasteiger partial charge in [-0.15, -0.1) is 10.2 Å². The summed E-state index contributed by atoms with van der Waals surface area (Å²) in [5.74, 6) is 2.29. The summed E-state index contributed by atoms with van der Waals surface area (Å²) in [7, 11) is 0. The van der Waals surface area contributed by atoms with Crippen LogP contribution < -0.4 is 0 Å². The Balaban J connectivity index is 1.59. The van der Waals surface area contributed by atoms with Crippen LogP contribution in [0.15, 0.2) is 53.8 Å². The second-order valence-corrected chi connectivity index (χ2v) is 7.38. The summed E-state index contributed by atoms with van der Waals surface area (Å²) in [6.07, 6.45) is 3.21. The maximum absolute atomic E-state index is 12.0. The first-order valence-electron chi connectivity index (χ1n) is 9.00. The highest BCUT2D eigenvalue weighted by Crippen LogP contribution is 2.26. The summed E-state index contributed by atoms with van der Waals surface area (Å²) < 4.78 is 1.92. The van der Waals surface area contributed by atoms with Crippen molar-refractivity contribution in [2.24, 2.45) is 0 Å². The van der Waals surface area contributed by atoms with E-state index in [0.717, 1.165) is 29.5 Å². The lowest BCUT2D eigenvalue weighted by Crippen LogP contribution is -2.25. The van der Waals surface area contributed by atoms with Crippen LogP contribution in [0.25, 0.3) is 5.82 Å². The monoisotopic (exact) mass is 390 g/mol. The first kappa shape index (κ1) is 18.2. The molecule has 1 aliphatic rings. The second kappa shape index (κ2) is 8.23. The smallest absolute Gasteiger partial charge is 0.223 e. The molecule has 140 valence electrons. The van der Waals surface area contributed by atoms with Gasteiger partial charge in [-0.2, -0.15) is 5.26 Å². The number of likely N-dealkylation sites (tertiary alicyclic amines) is 1. The third kappa shape index (κ3) is 3.89. The van der Waals surface area contributed by atoms with E-state index in [0.29, 0.717) is 30.1 Å². The highest BCUT2D eigenvalue weighted by Gasteiger charge is 2.24. The molecule has 4 rings (SSSR count). The van der Waals surface area contributed by atoms with Gasteiger partial charge in [0.2, 0.25) is 5.91 Å². The first-order chi connectivity index (χ1) is 13.7. The number of benzene rings is 1. The quantitative estimate of drug-likeness (QED) is 0.602. The topological polar surface area (TPSA) is 87.7 Å². The molecule has 3 heterocycles. The second-order valence-electron chi connectivity index (χ2n) is 6.44. The molecule has 0 spiro atoms. The molecule has 1 amide bonds. The third-order valence-corrected chi connectivity index (χ3v) is 5.53. The molecule has 2 aromatic heterocycles. The van der Waals surface area contributed by atoms with Crippen molar-refractivity contribution in [1.82, 2.24) is 24.6 Å². The molecular formula is C20H18N6OS. The SMILES string of the molecule is N#Cc1ccc(CSc2nnc(CN3CCCC3=O)n2-c2ccccn2)cc1. The predicted molar refractivity (Wildman–Crippen MR) is 105 cm³/mol. The summed E-state index contributed by atoms with van der Waals surface area (Å²) in [6.45, 7) is 1.18. The summed E-state index contributed by atoms with van der Waals surface area (Å²) in [4.78, 5) is 18.3. The van der Waals surface area contributed by atoms with Crippen LogP contribution in [0.3, 0.4) is 0 Å². The van der Waals surface area contributed by atoms with Crippen LogP contribution in [0.1, 0.15) is 29.8 Å². The number of hydrogen-bond acceptors (Lipinski definition) is 6. The molecule has 0 atom stereocenters. The molecule has 0 N–H and O–H groups in total. The Hall–Kier alpha value is -3.18. The van der Waals surface area contributed by atoms with Gasteiger partial charge in [-0.1, -0.05) is 30.0 Å². The van der Waals surface area contributed by atoms with Crippen molar-refractivity contribution in [3.63, 3.8) is 0 Å². The van der Waals surface area contributed by atoms with Crippen molar-refractivity contribution in [3.8, 4) is 11.9 Å². The van der Waals surface area contributed by atoms with Crippen LogP contribution in [0.5, 0.6) is 0 Å². The molecule has 7 nitrogen and oxygen atoms in total. The Morgan fingerprint density at radius 1 is 1.14 bits per heavy atom. The minimum atomic E-state index is 0.155. The number of amides is 1. The van der Waals surface area contributed by atoms with Crippen LogP contribution in [-0.2, 0) is 17.1 Å². The Morgan fingerprint density at radius 3 is 2.68 bits per heavy atom. The van der Waals surface area contributed by atoms with E-state index in [2.05, 4.69) is 21.3 Å². The Morgan fingerprint density at radius 2 is 2.00 bits per heavy atom. The number of thioether (sulfide) groups is 1. The number of rotatable bonds is 6. The van der Waals surface area contributed by atoms with Gasteiger partial charge in [0, 0.05) is 24.9 Å². The number of carbonyl (C=O) groups excluding carboxylic acids is 1. The van der Waals surface area contributed by atoms with E-state index in [4.69, 9.17) is 5.26 Å². The zero-order chi connectivity index (χ0) is 19.3. The number of hydrogen-bond donors (Lipinski definition) is 0. The Labute approximate surface area is 167 Å². The van der Waals surface area contributed by atoms with Crippen molar-refractivity contribution in [1.29, 1.82) is 5.26 Å². The van der Waals surface area contributed by atoms with Crippen LogP contribution in [0, 0.1) is 11.3 Å². The minimum Gasteiger partial charge on any atom is -0.335 e. The van der Waals surface area contributed by atoms with Gasteiger partial charge >= 0.3 is 0 Å². The number of nitriles is 1. The number of pyridine rings is 1. The standard InChI is InChI=1S/C20H18N6OS/c21-12-15-6-8-16(9-7-15)14-28-20-24-23-18(13-25-11-3-5-19(25)27)26(20)17-4-1-2-10-22-17/h1-2,4,6-10H,3,5,11,13-14H2. The lowest BCUT2D eigenvalue weighted by atomic mass is 10.2. The molecule has 1 saturated heterocycles. The van der Waals surface area contributed by atoms with Gasteiger partial charge in [-0.05, 0) is 36.2 Å². The number of carbonyl (C=O) groups is 1. The van der Waals surface area contributed by atoms with Crippen molar-refractivity contribution < 1.29 is 4.79 Å². The van der Waals surface area contributed by atoms with E-state index in [1.165, 1.54) is 0 Å². The van der Waals surface area contributed by atoms with Crippen molar-refractivity contribution in [3.05, 3.63) is 65.6 Å². The molecule has 1 aliphatic heterocycles. The third-order valence-electron chi connectivity index (χ3n) is 4.53. The fraction of sp³-hybridized carbons (Fsp3) is 0.250. The van der Waals surface area contributed by atoms with Crippen LogP contribution in [-0.4, -0.2) is 37.1 Å². The van der Waals surface area contributed by atoms with Crippen LogP contribution in [0.2, 0.25) is 0 Å². The van der Waals surface area contributed by atoms with Crippen molar-refractivity contribution in [2.75, 3.05) is 6.54 Å². The van der Waals surface area contributed by atoms with Crippen LogP contribution in [0.4, 0.5) is 0 Å². The fourth-order valence-corrected chi connectivity index (χ4v) is 3.99. The zero-order valence-electron chi connectivity index (χ0n) is 15.2. The summed E-state index contributed by atoms with van der Waals surface area (Å²) in [5.41, 5.74) is 1.74. The summed E-state index contributed by atoms with van der Waals surface area (Å²) in [6, 6.07) is 15.3. The Kier molecular flexibility index (Phi) is 5.35. The molecule has 3 aromatic rings. The van der Waals surface area contributed by atoms with E-state index in [1.807, 2.05) is 51.9 Å². The molecule has 0 aliphatic carbocycles. The molecule has 1 fully saturated rings. The van der Waals surface area contributed by atoms with Gasteiger partial charge in [-0.25, -0.2) is 4.98 Å². The van der Waals surface area contributed by atoms with Gasteiger partial charge in [-0.3, -0.25) is 9.36 Å². The molecule has 0 unspecified atom stereocenters. The average molecular weight is 390 g/mol. The first-order valence-corrected chi connectivity index (χ1v) is 9.98. The van der Waals surface area contributed by atoms with E-state index in [-0.39, 0.29) is 5.91 Å². The van der Waals surface area contributed by atoms with E-state index in [9.17, 15) is 4.79 Å². The fourth-order valence-electron chi connectivity index (χ4n) is 3.08. The van der Waals surface area contributed by atoms with E-state index in [1.54, 1.807) is 18.0 Å². The largest absolute Gasteiger partial charge is 0.335 e. The molecular weight excluding hydrogens is 372 g/mol. The number of nitrogens with zero attached hydrogens (tertiary/aromatic N) is 6. The molecule has 0 radical (unpaired) electrons. The highest BCUT2D eigenvalue weighted by atomic mass is 32.2. The van der Waals surface area contributed by atoms with Gasteiger partial charge in [0.1, 0.15) is 5.82 Å². The van der Waals surface area contributed by atoms with Crippen molar-refractivity contribution in [2.45, 2.75) is 30.3 Å². The molecule has 8 heteroatoms. The molecule has 1 aromatic carbocycles. The Bertz CT molecular complexity index is 1010. The minimum absolute atomic E-state index is 0.155. The lowest BCUT2D eigenvalue weighted by Gasteiger charge is -2.16. The van der Waals surface area contributed by atoms with Gasteiger partial charge < -0.3 is 4.90 Å². The van der Waals surface area contributed by atoms with Gasteiger partial charge in [0.15, 0.2) is 11.0 Å². The average Bonchev–Trinajstić information content (AvgIpc) is 3.33. The maximum Gasteiger partial charge on any atom is 0.223 e. The van der Waals surface area contributed by atoms with Gasteiger partial charge in [0.25, 0.3) is 0 Å². The van der Waals surface area contributed by atoms with E-state index >= 15 is 0 Å². The highest BCUT2D eigenvalue weighted by molar-refractivity contribution is 7.98. The van der Waals surface area contributed by atoms with Gasteiger partial charge in [0.05, 0.1) is 18.2 Å². The van der Waals surface area contributed by atoms with Crippen molar-refractivity contribution >= 4 is 17.7 Å². The summed E-state index contributed by atoms with van der Waals surface area (Å²) >= 11 is 1.55. The lowest BCUT2D eigenvalue weighted by molar-refractivity contribution is -0.128. The normalized spacial score (nSPS) is 13.7. The summed E-state index contributed by atoms with van der Waals surface area (Å²) in [5, 5.41) is 18.4. The maximum atomic E-state index is 12.0. The van der Waals surface area contributed by atoms with Crippen LogP contribution >= 0.6 is 11.8 Å². The molecule has 28 heavy (non-hydrogen) atoms. The number of aromatic nitrogens is 4. The van der Waals surface area contributed by atoms with E-state index < -0.39 is 0 Å².